The summed E-state index contributed by atoms with van der Waals surface area (Å²) in [5.41, 5.74) is 3.88. The van der Waals surface area contributed by atoms with Crippen LogP contribution in [0.3, 0.4) is 0 Å². The fourth-order valence-corrected chi connectivity index (χ4v) is 2.35. The van der Waals surface area contributed by atoms with Crippen LogP contribution in [0.5, 0.6) is 0 Å². The van der Waals surface area contributed by atoms with Crippen LogP contribution >= 0.6 is 0 Å². The van der Waals surface area contributed by atoms with Gasteiger partial charge in [0.1, 0.15) is 0 Å². The van der Waals surface area contributed by atoms with Gasteiger partial charge in [0, 0.05) is 25.8 Å². The van der Waals surface area contributed by atoms with E-state index in [0.717, 1.165) is 13.0 Å². The van der Waals surface area contributed by atoms with Crippen molar-refractivity contribution >= 4 is 11.6 Å². The van der Waals surface area contributed by atoms with Gasteiger partial charge < -0.3 is 10.2 Å². The van der Waals surface area contributed by atoms with Crippen molar-refractivity contribution in [2.24, 2.45) is 0 Å². The second-order valence-electron chi connectivity index (χ2n) is 4.71. The number of carbonyl (C=O) groups is 1. The van der Waals surface area contributed by atoms with Gasteiger partial charge in [-0.15, -0.1) is 0 Å². The first kappa shape index (κ1) is 12.7. The Morgan fingerprint density at radius 2 is 2.33 bits per heavy atom. The normalized spacial score (nSPS) is 14.7. The van der Waals surface area contributed by atoms with Crippen LogP contribution in [0.15, 0.2) is 30.4 Å². The summed E-state index contributed by atoms with van der Waals surface area (Å²) in [5.74, 6) is -0.0349. The first-order valence-corrected chi connectivity index (χ1v) is 6.44. The van der Waals surface area contributed by atoms with Crippen LogP contribution in [0, 0.1) is 0 Å². The summed E-state index contributed by atoms with van der Waals surface area (Å²) < 4.78 is 0. The molecule has 18 heavy (non-hydrogen) atoms. The predicted octanol–water partition coefficient (Wildman–Crippen LogP) is 2.26. The number of amides is 1. The van der Waals surface area contributed by atoms with E-state index in [4.69, 9.17) is 0 Å². The van der Waals surface area contributed by atoms with E-state index in [2.05, 4.69) is 35.5 Å². The van der Waals surface area contributed by atoms with E-state index in [1.54, 1.807) is 12.2 Å². The van der Waals surface area contributed by atoms with E-state index in [1.807, 2.05) is 6.92 Å². The highest BCUT2D eigenvalue weighted by atomic mass is 16.1. The molecule has 0 aliphatic carbocycles. The van der Waals surface area contributed by atoms with Crippen LogP contribution in [0.4, 0.5) is 5.69 Å². The van der Waals surface area contributed by atoms with Gasteiger partial charge in [-0.2, -0.15) is 0 Å². The first-order valence-electron chi connectivity index (χ1n) is 6.44. The highest BCUT2D eigenvalue weighted by molar-refractivity contribution is 5.87. The Kier molecular flexibility index (Phi) is 4.03. The Hall–Kier alpha value is -1.77. The minimum absolute atomic E-state index is 0.0349. The quantitative estimate of drug-likeness (QED) is 0.827. The average molecular weight is 244 g/mol. The minimum Gasteiger partial charge on any atom is -0.374 e. The molecule has 1 amide bonds. The van der Waals surface area contributed by atoms with Crippen molar-refractivity contribution < 1.29 is 4.79 Å². The summed E-state index contributed by atoms with van der Waals surface area (Å²) in [6.07, 6.45) is 5.64. The molecule has 3 heteroatoms. The van der Waals surface area contributed by atoms with E-state index in [9.17, 15) is 4.79 Å². The summed E-state index contributed by atoms with van der Waals surface area (Å²) in [4.78, 5) is 13.6. The fourth-order valence-electron chi connectivity index (χ4n) is 2.35. The van der Waals surface area contributed by atoms with Crippen LogP contribution in [-0.4, -0.2) is 19.5 Å². The lowest BCUT2D eigenvalue weighted by atomic mass is 9.99. The van der Waals surface area contributed by atoms with Gasteiger partial charge in [-0.05, 0) is 43.0 Å². The number of aryl methyl sites for hydroxylation is 1. The van der Waals surface area contributed by atoms with E-state index in [1.165, 1.54) is 23.2 Å². The van der Waals surface area contributed by atoms with Crippen LogP contribution in [0.1, 0.15) is 24.5 Å². The summed E-state index contributed by atoms with van der Waals surface area (Å²) in [6.45, 7) is 3.57. The molecular weight excluding hydrogens is 224 g/mol. The van der Waals surface area contributed by atoms with Crippen molar-refractivity contribution in [3.8, 4) is 0 Å². The molecule has 0 bridgehead atoms. The maximum Gasteiger partial charge on any atom is 0.243 e. The van der Waals surface area contributed by atoms with Crippen molar-refractivity contribution in [1.82, 2.24) is 5.32 Å². The van der Waals surface area contributed by atoms with E-state index >= 15 is 0 Å². The number of carbonyl (C=O) groups excluding carboxylic acids is 1. The molecule has 0 fully saturated rings. The summed E-state index contributed by atoms with van der Waals surface area (Å²) >= 11 is 0. The number of nitrogens with one attached hydrogen (secondary N) is 1. The van der Waals surface area contributed by atoms with Gasteiger partial charge in [0.15, 0.2) is 0 Å². The molecule has 1 aliphatic rings. The molecule has 2 rings (SSSR count). The maximum absolute atomic E-state index is 11.4. The molecule has 0 aromatic heterocycles. The van der Waals surface area contributed by atoms with E-state index in [-0.39, 0.29) is 5.91 Å². The van der Waals surface area contributed by atoms with Gasteiger partial charge in [-0.1, -0.05) is 18.2 Å². The Bertz CT molecular complexity index is 466. The van der Waals surface area contributed by atoms with Crippen molar-refractivity contribution in [1.29, 1.82) is 0 Å². The van der Waals surface area contributed by atoms with Crippen molar-refractivity contribution in [3.63, 3.8) is 0 Å². The monoisotopic (exact) mass is 244 g/mol. The Balaban J connectivity index is 2.05. The van der Waals surface area contributed by atoms with Crippen LogP contribution in [0.2, 0.25) is 0 Å². The molecule has 0 radical (unpaired) electrons. The van der Waals surface area contributed by atoms with Gasteiger partial charge in [0.25, 0.3) is 0 Å². The van der Waals surface area contributed by atoms with Gasteiger partial charge in [-0.3, -0.25) is 4.79 Å². The highest BCUT2D eigenvalue weighted by Gasteiger charge is 2.13. The second kappa shape index (κ2) is 5.71. The Morgan fingerprint density at radius 3 is 3.11 bits per heavy atom. The van der Waals surface area contributed by atoms with Crippen molar-refractivity contribution in [2.45, 2.75) is 26.3 Å². The lowest BCUT2D eigenvalue weighted by molar-refractivity contribution is -0.116. The zero-order valence-corrected chi connectivity index (χ0v) is 11.1. The molecule has 1 heterocycles. The topological polar surface area (TPSA) is 32.3 Å². The lowest BCUT2D eigenvalue weighted by Crippen LogP contribution is -2.25. The molecule has 1 aliphatic heterocycles. The SMILES string of the molecule is C/C=C/C(=O)NCc1ccc2c(c1)CCCN2C. The number of benzene rings is 1. The van der Waals surface area contributed by atoms with Gasteiger partial charge in [0.05, 0.1) is 0 Å². The summed E-state index contributed by atoms with van der Waals surface area (Å²) in [5, 5.41) is 2.88. The molecule has 1 aromatic rings. The van der Waals surface area contributed by atoms with Gasteiger partial charge in [0.2, 0.25) is 5.91 Å². The largest absolute Gasteiger partial charge is 0.374 e. The van der Waals surface area contributed by atoms with Crippen molar-refractivity contribution in [2.75, 3.05) is 18.5 Å². The van der Waals surface area contributed by atoms with E-state index in [0.29, 0.717) is 6.54 Å². The predicted molar refractivity (Wildman–Crippen MR) is 74.7 cm³/mol. The summed E-state index contributed by atoms with van der Waals surface area (Å²) in [6, 6.07) is 6.46. The number of anilines is 1. The Morgan fingerprint density at radius 1 is 1.50 bits per heavy atom. The van der Waals surface area contributed by atoms with Gasteiger partial charge in [-0.25, -0.2) is 0 Å². The molecule has 0 saturated carbocycles. The first-order chi connectivity index (χ1) is 8.70. The minimum atomic E-state index is -0.0349. The third kappa shape index (κ3) is 2.92. The molecule has 1 aromatic carbocycles. The molecule has 96 valence electrons. The molecule has 1 N–H and O–H groups in total. The molecule has 0 spiro atoms. The molecular formula is C15H20N2O. The molecule has 3 nitrogen and oxygen atoms in total. The van der Waals surface area contributed by atoms with Crippen LogP contribution < -0.4 is 10.2 Å². The van der Waals surface area contributed by atoms with Crippen LogP contribution in [-0.2, 0) is 17.8 Å². The Labute approximate surface area is 108 Å². The smallest absolute Gasteiger partial charge is 0.243 e. The number of allylic oxidation sites excluding steroid dienone is 1. The molecule has 0 atom stereocenters. The maximum atomic E-state index is 11.4. The number of nitrogens with zero attached hydrogens (tertiary/aromatic N) is 1. The average Bonchev–Trinajstić information content (AvgIpc) is 2.37. The van der Waals surface area contributed by atoms with Crippen LogP contribution in [0.25, 0.3) is 0 Å². The summed E-state index contributed by atoms with van der Waals surface area (Å²) in [7, 11) is 2.13. The third-order valence-corrected chi connectivity index (χ3v) is 3.28. The molecule has 0 unspecified atom stereocenters. The number of hydrogen-bond acceptors (Lipinski definition) is 2. The fraction of sp³-hybridized carbons (Fsp3) is 0.400. The standard InChI is InChI=1S/C15H20N2O/c1-3-5-15(18)16-11-12-7-8-14-13(10-12)6-4-9-17(14)2/h3,5,7-8,10H,4,6,9,11H2,1-2H3,(H,16,18)/b5-3+. The van der Waals surface area contributed by atoms with Gasteiger partial charge >= 0.3 is 0 Å². The number of fused-ring (bicyclic) bond motifs is 1. The van der Waals surface area contributed by atoms with Crippen molar-refractivity contribution in [3.05, 3.63) is 41.5 Å². The molecule has 0 saturated heterocycles. The zero-order valence-electron chi connectivity index (χ0n) is 11.1. The highest BCUT2D eigenvalue weighted by Crippen LogP contribution is 2.26. The lowest BCUT2D eigenvalue weighted by Gasteiger charge is -2.27. The number of hydrogen-bond donors (Lipinski definition) is 1. The van der Waals surface area contributed by atoms with E-state index < -0.39 is 0 Å². The number of rotatable bonds is 3. The third-order valence-electron chi connectivity index (χ3n) is 3.28. The zero-order chi connectivity index (χ0) is 13.0. The second-order valence-corrected chi connectivity index (χ2v) is 4.71.